The Labute approximate surface area is 166 Å². The van der Waals surface area contributed by atoms with Gasteiger partial charge in [0.2, 0.25) is 15.9 Å². The number of benzene rings is 1. The van der Waals surface area contributed by atoms with Gasteiger partial charge in [0.25, 0.3) is 0 Å². The summed E-state index contributed by atoms with van der Waals surface area (Å²) in [6.07, 6.45) is 0.608. The summed E-state index contributed by atoms with van der Waals surface area (Å²) in [5.41, 5.74) is 0.278. The monoisotopic (exact) mass is 426 g/mol. The summed E-state index contributed by atoms with van der Waals surface area (Å²) in [6, 6.07) is 6.80. The number of carbonyl (C=O) groups is 2. The van der Waals surface area contributed by atoms with Crippen molar-refractivity contribution in [3.8, 4) is 0 Å². The number of halogens is 1. The second kappa shape index (κ2) is 8.38. The van der Waals surface area contributed by atoms with Crippen molar-refractivity contribution in [2.45, 2.75) is 17.7 Å². The van der Waals surface area contributed by atoms with E-state index in [0.29, 0.717) is 17.8 Å². The molecule has 0 radical (unpaired) electrons. The molecule has 2 heterocycles. The first kappa shape index (κ1) is 20.4. The van der Waals surface area contributed by atoms with E-state index < -0.39 is 27.7 Å². The van der Waals surface area contributed by atoms with Crippen LogP contribution in [-0.4, -0.2) is 44.8 Å². The van der Waals surface area contributed by atoms with E-state index in [1.807, 2.05) is 0 Å². The first-order valence-corrected chi connectivity index (χ1v) is 10.9. The lowest BCUT2D eigenvalue weighted by atomic mass is 9.97. The van der Waals surface area contributed by atoms with E-state index in [4.69, 9.17) is 0 Å². The summed E-state index contributed by atoms with van der Waals surface area (Å²) < 4.78 is 45.0. The largest absolute Gasteiger partial charge is 0.465 e. The van der Waals surface area contributed by atoms with Gasteiger partial charge in [-0.15, -0.1) is 11.3 Å². The van der Waals surface area contributed by atoms with Crippen LogP contribution in [-0.2, 0) is 19.6 Å². The zero-order valence-corrected chi connectivity index (χ0v) is 16.7. The highest BCUT2D eigenvalue weighted by Gasteiger charge is 2.33. The molecule has 0 saturated carbocycles. The summed E-state index contributed by atoms with van der Waals surface area (Å²) in [5.74, 6) is -2.02. The second-order valence-corrected chi connectivity index (χ2v) is 9.08. The molecular weight excluding hydrogens is 407 g/mol. The quantitative estimate of drug-likeness (QED) is 0.742. The van der Waals surface area contributed by atoms with E-state index in [2.05, 4.69) is 10.1 Å². The summed E-state index contributed by atoms with van der Waals surface area (Å²) in [4.78, 5) is 23.9. The van der Waals surface area contributed by atoms with Gasteiger partial charge in [-0.05, 0) is 36.4 Å². The molecule has 1 aliphatic heterocycles. The number of hydrogen-bond acceptors (Lipinski definition) is 6. The Bertz CT molecular complexity index is 981. The van der Waals surface area contributed by atoms with Gasteiger partial charge in [0, 0.05) is 19.0 Å². The van der Waals surface area contributed by atoms with Crippen LogP contribution in [0.2, 0.25) is 0 Å². The first-order chi connectivity index (χ1) is 13.3. The molecule has 150 valence electrons. The fourth-order valence-electron chi connectivity index (χ4n) is 3.04. The molecular formula is C18H19FN2O5S2. The van der Waals surface area contributed by atoms with Crippen molar-refractivity contribution in [3.05, 3.63) is 47.1 Å². The van der Waals surface area contributed by atoms with Crippen LogP contribution in [0.5, 0.6) is 0 Å². The molecule has 1 fully saturated rings. The third-order valence-electron chi connectivity index (χ3n) is 4.59. The van der Waals surface area contributed by atoms with Gasteiger partial charge >= 0.3 is 5.97 Å². The van der Waals surface area contributed by atoms with Crippen LogP contribution >= 0.6 is 11.3 Å². The van der Waals surface area contributed by atoms with Crippen LogP contribution in [0.3, 0.4) is 0 Å². The second-order valence-electron chi connectivity index (χ2n) is 6.25. The number of carbonyl (C=O) groups excluding carboxylic acids is 2. The zero-order chi connectivity index (χ0) is 20.3. The molecule has 1 aromatic heterocycles. The van der Waals surface area contributed by atoms with Crippen LogP contribution in [0.1, 0.15) is 23.2 Å². The average molecular weight is 426 g/mol. The number of nitrogens with zero attached hydrogens (tertiary/aromatic N) is 1. The molecule has 1 N–H and O–H groups in total. The van der Waals surface area contributed by atoms with Crippen molar-refractivity contribution in [1.82, 2.24) is 4.31 Å². The fourth-order valence-corrected chi connectivity index (χ4v) is 5.35. The minimum absolute atomic E-state index is 0.114. The number of nitrogens with one attached hydrogen (secondary N) is 1. The van der Waals surface area contributed by atoms with Gasteiger partial charge < -0.3 is 10.1 Å². The summed E-state index contributed by atoms with van der Waals surface area (Å²) in [6.45, 7) is 0.228. The maximum absolute atomic E-state index is 13.9. The Balaban J connectivity index is 1.64. The maximum atomic E-state index is 13.9. The third kappa shape index (κ3) is 4.08. The van der Waals surface area contributed by atoms with Crippen LogP contribution in [0, 0.1) is 11.7 Å². The van der Waals surface area contributed by atoms with Crippen molar-refractivity contribution in [2.24, 2.45) is 5.92 Å². The molecule has 0 spiro atoms. The lowest BCUT2D eigenvalue weighted by Gasteiger charge is -2.30. The van der Waals surface area contributed by atoms with Crippen LogP contribution in [0.25, 0.3) is 0 Å². The molecule has 1 aromatic carbocycles. The number of hydrogen-bond donors (Lipinski definition) is 1. The van der Waals surface area contributed by atoms with Crippen molar-refractivity contribution in [1.29, 1.82) is 0 Å². The molecule has 1 amide bonds. The lowest BCUT2D eigenvalue weighted by Crippen LogP contribution is -2.41. The molecule has 0 atom stereocenters. The van der Waals surface area contributed by atoms with Gasteiger partial charge in [-0.2, -0.15) is 4.31 Å². The van der Waals surface area contributed by atoms with Gasteiger partial charge in [-0.1, -0.05) is 12.1 Å². The molecule has 0 aliphatic carbocycles. The zero-order valence-electron chi connectivity index (χ0n) is 15.1. The lowest BCUT2D eigenvalue weighted by molar-refractivity contribution is -0.120. The number of piperidine rings is 1. The van der Waals surface area contributed by atoms with E-state index in [1.165, 1.54) is 41.0 Å². The summed E-state index contributed by atoms with van der Waals surface area (Å²) in [5, 5.41) is 4.79. The highest BCUT2D eigenvalue weighted by molar-refractivity contribution is 7.89. The van der Waals surface area contributed by atoms with Crippen molar-refractivity contribution >= 4 is 38.2 Å². The fraction of sp³-hybridized carbons (Fsp3) is 0.333. The molecule has 28 heavy (non-hydrogen) atoms. The molecule has 0 unspecified atom stereocenters. The number of rotatable bonds is 5. The Kier molecular flexibility index (Phi) is 6.11. The van der Waals surface area contributed by atoms with Gasteiger partial charge in [-0.25, -0.2) is 17.6 Å². The van der Waals surface area contributed by atoms with E-state index in [9.17, 15) is 22.4 Å². The predicted octanol–water partition coefficient (Wildman–Crippen LogP) is 2.71. The Morgan fingerprint density at radius 3 is 2.54 bits per heavy atom. The van der Waals surface area contributed by atoms with E-state index >= 15 is 0 Å². The molecule has 1 aliphatic rings. The molecule has 10 heteroatoms. The van der Waals surface area contributed by atoms with E-state index in [-0.39, 0.29) is 29.5 Å². The standard InChI is InChI=1S/C18H19FN2O5S2/c1-26-18(23)13-8-11-27-17(13)20-16(22)12-6-9-21(10-7-12)28(24,25)15-5-3-2-4-14(15)19/h2-5,8,11-12H,6-7,9-10H2,1H3,(H,20,22). The maximum Gasteiger partial charge on any atom is 0.340 e. The minimum atomic E-state index is -3.95. The number of sulfonamides is 1. The van der Waals surface area contributed by atoms with Crippen molar-refractivity contribution in [3.63, 3.8) is 0 Å². The highest BCUT2D eigenvalue weighted by atomic mass is 32.2. The molecule has 2 aromatic rings. The van der Waals surface area contributed by atoms with Crippen LogP contribution in [0.15, 0.2) is 40.6 Å². The smallest absolute Gasteiger partial charge is 0.340 e. The summed E-state index contributed by atoms with van der Waals surface area (Å²) >= 11 is 1.21. The Morgan fingerprint density at radius 2 is 1.89 bits per heavy atom. The molecule has 7 nitrogen and oxygen atoms in total. The molecule has 1 saturated heterocycles. The predicted molar refractivity (Wildman–Crippen MR) is 102 cm³/mol. The first-order valence-electron chi connectivity index (χ1n) is 8.56. The van der Waals surface area contributed by atoms with Gasteiger partial charge in [0.15, 0.2) is 0 Å². The SMILES string of the molecule is COC(=O)c1ccsc1NC(=O)C1CCN(S(=O)(=O)c2ccccc2F)CC1. The normalized spacial score (nSPS) is 15.9. The number of amides is 1. The number of ether oxygens (including phenoxy) is 1. The van der Waals surface area contributed by atoms with Crippen molar-refractivity contribution in [2.75, 3.05) is 25.5 Å². The Morgan fingerprint density at radius 1 is 1.21 bits per heavy atom. The van der Waals surface area contributed by atoms with Crippen molar-refractivity contribution < 1.29 is 27.1 Å². The van der Waals surface area contributed by atoms with E-state index in [1.54, 1.807) is 11.4 Å². The highest BCUT2D eigenvalue weighted by Crippen LogP contribution is 2.28. The number of thiophene rings is 1. The van der Waals surface area contributed by atoms with E-state index in [0.717, 1.165) is 6.07 Å². The molecule has 3 rings (SSSR count). The van der Waals surface area contributed by atoms with Crippen LogP contribution < -0.4 is 5.32 Å². The topological polar surface area (TPSA) is 92.8 Å². The number of anilines is 1. The number of esters is 1. The number of methoxy groups -OCH3 is 1. The van der Waals surface area contributed by atoms with Crippen LogP contribution in [0.4, 0.5) is 9.39 Å². The molecule has 0 bridgehead atoms. The average Bonchev–Trinajstić information content (AvgIpc) is 3.15. The summed E-state index contributed by atoms with van der Waals surface area (Å²) in [7, 11) is -2.68. The third-order valence-corrected chi connectivity index (χ3v) is 7.35. The van der Waals surface area contributed by atoms with Gasteiger partial charge in [-0.3, -0.25) is 4.79 Å². The van der Waals surface area contributed by atoms with Gasteiger partial charge in [0.05, 0.1) is 12.7 Å². The Hall–Kier alpha value is -2.30. The minimum Gasteiger partial charge on any atom is -0.465 e. The van der Waals surface area contributed by atoms with Gasteiger partial charge in [0.1, 0.15) is 15.7 Å².